The van der Waals surface area contributed by atoms with Gasteiger partial charge >= 0.3 is 0 Å². The number of thiophene rings is 1. The number of amides is 1. The van der Waals surface area contributed by atoms with Crippen molar-refractivity contribution in [1.29, 1.82) is 0 Å². The van der Waals surface area contributed by atoms with E-state index in [1.54, 1.807) is 11.3 Å². The summed E-state index contributed by atoms with van der Waals surface area (Å²) in [5.41, 5.74) is 1.08. The smallest absolute Gasteiger partial charge is 0.231 e. The van der Waals surface area contributed by atoms with Crippen LogP contribution in [-0.2, 0) is 4.79 Å². The summed E-state index contributed by atoms with van der Waals surface area (Å²) in [6.45, 7) is 0. The van der Waals surface area contributed by atoms with E-state index in [0.29, 0.717) is 16.8 Å². The molecule has 1 aromatic carbocycles. The molecule has 7 heteroatoms. The third-order valence-corrected chi connectivity index (χ3v) is 5.83. The van der Waals surface area contributed by atoms with Crippen molar-refractivity contribution in [3.05, 3.63) is 64.1 Å². The fourth-order valence-corrected chi connectivity index (χ4v) is 4.03. The topological polar surface area (TPSA) is 70.7 Å². The second kappa shape index (κ2) is 7.41. The molecule has 0 radical (unpaired) electrons. The summed E-state index contributed by atoms with van der Waals surface area (Å²) < 4.78 is 0. The molecule has 1 amide bonds. The van der Waals surface area contributed by atoms with Gasteiger partial charge in [0, 0.05) is 10.8 Å². The Balaban J connectivity index is 1.40. The van der Waals surface area contributed by atoms with E-state index >= 15 is 0 Å². The highest BCUT2D eigenvalue weighted by atomic mass is 32.2. The minimum atomic E-state index is -0.122. The first-order valence-electron chi connectivity index (χ1n) is 8.22. The van der Waals surface area contributed by atoms with Gasteiger partial charge in [-0.2, -0.15) is 0 Å². The molecule has 128 valence electrons. The van der Waals surface area contributed by atoms with Crippen LogP contribution in [0.25, 0.3) is 0 Å². The van der Waals surface area contributed by atoms with E-state index in [0.717, 1.165) is 16.3 Å². The molecule has 0 unspecified atom stereocenters. The Morgan fingerprint density at radius 3 is 2.84 bits per heavy atom. The summed E-state index contributed by atoms with van der Waals surface area (Å²) in [5, 5.41) is 13.0. The SMILES string of the molecule is O=C(CSc1n[nH]c(C2CC2)n1)N[C@H](c1ccccc1)c1cccs1. The van der Waals surface area contributed by atoms with E-state index in [-0.39, 0.29) is 11.9 Å². The van der Waals surface area contributed by atoms with Crippen molar-refractivity contribution in [2.24, 2.45) is 0 Å². The number of hydrogen-bond donors (Lipinski definition) is 2. The van der Waals surface area contributed by atoms with Crippen LogP contribution in [0.1, 0.15) is 41.1 Å². The molecule has 0 spiro atoms. The van der Waals surface area contributed by atoms with E-state index < -0.39 is 0 Å². The molecule has 2 heterocycles. The lowest BCUT2D eigenvalue weighted by molar-refractivity contribution is -0.119. The Morgan fingerprint density at radius 1 is 1.28 bits per heavy atom. The van der Waals surface area contributed by atoms with E-state index in [9.17, 15) is 4.79 Å². The first-order chi connectivity index (χ1) is 12.3. The maximum absolute atomic E-state index is 12.5. The van der Waals surface area contributed by atoms with Crippen molar-refractivity contribution >= 4 is 29.0 Å². The largest absolute Gasteiger partial charge is 0.344 e. The maximum atomic E-state index is 12.5. The van der Waals surface area contributed by atoms with Gasteiger partial charge in [0.2, 0.25) is 11.1 Å². The van der Waals surface area contributed by atoms with Crippen LogP contribution in [0, 0.1) is 0 Å². The van der Waals surface area contributed by atoms with Crippen LogP contribution in [0.3, 0.4) is 0 Å². The van der Waals surface area contributed by atoms with Gasteiger partial charge in [0.25, 0.3) is 0 Å². The summed E-state index contributed by atoms with van der Waals surface area (Å²) in [4.78, 5) is 18.0. The van der Waals surface area contributed by atoms with Gasteiger partial charge in [-0.1, -0.05) is 48.2 Å². The lowest BCUT2D eigenvalue weighted by Crippen LogP contribution is -2.30. The fraction of sp³-hybridized carbons (Fsp3) is 0.278. The number of nitrogens with zero attached hydrogens (tertiary/aromatic N) is 2. The number of carbonyl (C=O) groups excluding carboxylic acids is 1. The molecule has 2 aromatic heterocycles. The van der Waals surface area contributed by atoms with Crippen LogP contribution in [0.5, 0.6) is 0 Å². The molecule has 2 N–H and O–H groups in total. The van der Waals surface area contributed by atoms with E-state index in [1.165, 1.54) is 24.6 Å². The van der Waals surface area contributed by atoms with Gasteiger partial charge in [0.05, 0.1) is 11.8 Å². The van der Waals surface area contributed by atoms with Crippen LogP contribution in [0.15, 0.2) is 53.0 Å². The molecule has 5 nitrogen and oxygen atoms in total. The molecule has 1 saturated carbocycles. The van der Waals surface area contributed by atoms with Gasteiger partial charge in [-0.15, -0.1) is 16.4 Å². The summed E-state index contributed by atoms with van der Waals surface area (Å²) >= 11 is 3.01. The number of thioether (sulfide) groups is 1. The molecule has 3 aromatic rings. The Hall–Kier alpha value is -2.12. The van der Waals surface area contributed by atoms with Gasteiger partial charge in [-0.3, -0.25) is 9.89 Å². The van der Waals surface area contributed by atoms with Gasteiger partial charge in [-0.05, 0) is 29.9 Å². The molecule has 1 aliphatic carbocycles. The molecular weight excluding hydrogens is 352 g/mol. The molecule has 0 aliphatic heterocycles. The first kappa shape index (κ1) is 16.4. The van der Waals surface area contributed by atoms with Crippen molar-refractivity contribution < 1.29 is 4.79 Å². The highest BCUT2D eigenvalue weighted by Crippen LogP contribution is 2.38. The number of H-pyrrole nitrogens is 1. The van der Waals surface area contributed by atoms with Crippen LogP contribution in [0.4, 0.5) is 0 Å². The summed E-state index contributed by atoms with van der Waals surface area (Å²) in [5.74, 6) is 1.77. The number of hydrogen-bond acceptors (Lipinski definition) is 5. The minimum Gasteiger partial charge on any atom is -0.344 e. The number of aromatic nitrogens is 3. The van der Waals surface area contributed by atoms with Crippen LogP contribution < -0.4 is 5.32 Å². The summed E-state index contributed by atoms with van der Waals surface area (Å²) in [6.07, 6.45) is 2.36. The second-order valence-corrected chi connectivity index (χ2v) is 7.91. The lowest BCUT2D eigenvalue weighted by atomic mass is 10.1. The van der Waals surface area contributed by atoms with Crippen LogP contribution in [0.2, 0.25) is 0 Å². The highest BCUT2D eigenvalue weighted by Gasteiger charge is 2.27. The zero-order valence-electron chi connectivity index (χ0n) is 13.5. The summed E-state index contributed by atoms with van der Waals surface area (Å²) in [7, 11) is 0. The Bertz CT molecular complexity index is 828. The quantitative estimate of drug-likeness (QED) is 0.622. The van der Waals surface area contributed by atoms with Crippen molar-refractivity contribution in [3.8, 4) is 0 Å². The van der Waals surface area contributed by atoms with Crippen LogP contribution >= 0.6 is 23.1 Å². The first-order valence-corrected chi connectivity index (χ1v) is 10.1. The Labute approximate surface area is 154 Å². The molecule has 1 aliphatic rings. The molecule has 4 rings (SSSR count). The number of rotatable bonds is 7. The number of benzene rings is 1. The predicted molar refractivity (Wildman–Crippen MR) is 99.8 cm³/mol. The maximum Gasteiger partial charge on any atom is 0.231 e. The highest BCUT2D eigenvalue weighted by molar-refractivity contribution is 7.99. The average molecular weight is 371 g/mol. The van der Waals surface area contributed by atoms with E-state index in [2.05, 4.69) is 20.5 Å². The average Bonchev–Trinajstić information content (AvgIpc) is 3.15. The number of aromatic amines is 1. The third kappa shape index (κ3) is 4.11. The van der Waals surface area contributed by atoms with E-state index in [1.807, 2.05) is 47.8 Å². The molecule has 1 fully saturated rings. The molecule has 0 bridgehead atoms. The third-order valence-electron chi connectivity index (χ3n) is 4.04. The molecule has 25 heavy (non-hydrogen) atoms. The second-order valence-electron chi connectivity index (χ2n) is 5.99. The molecule has 1 atom stereocenters. The normalized spacial score (nSPS) is 15.0. The minimum absolute atomic E-state index is 0.0231. The van der Waals surface area contributed by atoms with Crippen LogP contribution in [-0.4, -0.2) is 26.8 Å². The number of carbonyl (C=O) groups is 1. The standard InChI is InChI=1S/C18H18N4OS2/c23-15(11-25-18-20-17(21-22-18)13-8-9-13)19-16(14-7-4-10-24-14)12-5-2-1-3-6-12/h1-7,10,13,16H,8-9,11H2,(H,19,23)(H,20,21,22)/t16-/m1/s1. The molecular formula is C18H18N4OS2. The van der Waals surface area contributed by atoms with Gasteiger partial charge < -0.3 is 5.32 Å². The zero-order chi connectivity index (χ0) is 17.1. The lowest BCUT2D eigenvalue weighted by Gasteiger charge is -2.17. The van der Waals surface area contributed by atoms with Gasteiger partial charge in [0.1, 0.15) is 5.82 Å². The van der Waals surface area contributed by atoms with Crippen molar-refractivity contribution in [3.63, 3.8) is 0 Å². The monoisotopic (exact) mass is 370 g/mol. The predicted octanol–water partition coefficient (Wildman–Crippen LogP) is 3.74. The van der Waals surface area contributed by atoms with Gasteiger partial charge in [-0.25, -0.2) is 4.98 Å². The summed E-state index contributed by atoms with van der Waals surface area (Å²) in [6, 6.07) is 14.0. The van der Waals surface area contributed by atoms with Crippen molar-refractivity contribution in [1.82, 2.24) is 20.5 Å². The fourth-order valence-electron chi connectivity index (χ4n) is 2.61. The Kier molecular flexibility index (Phi) is 4.85. The Morgan fingerprint density at radius 2 is 2.12 bits per heavy atom. The van der Waals surface area contributed by atoms with Crippen molar-refractivity contribution in [2.45, 2.75) is 30.0 Å². The van der Waals surface area contributed by atoms with E-state index in [4.69, 9.17) is 0 Å². The number of nitrogens with one attached hydrogen (secondary N) is 2. The zero-order valence-corrected chi connectivity index (χ0v) is 15.1. The molecule has 0 saturated heterocycles. The van der Waals surface area contributed by atoms with Gasteiger partial charge in [0.15, 0.2) is 0 Å². The van der Waals surface area contributed by atoms with Crippen molar-refractivity contribution in [2.75, 3.05) is 5.75 Å².